The van der Waals surface area contributed by atoms with Crippen LogP contribution in [0.3, 0.4) is 0 Å². The Morgan fingerprint density at radius 2 is 1.33 bits per heavy atom. The van der Waals surface area contributed by atoms with Gasteiger partial charge in [0.1, 0.15) is 8.07 Å². The zero-order chi connectivity index (χ0) is 29.1. The van der Waals surface area contributed by atoms with Gasteiger partial charge in [-0.2, -0.15) is 0 Å². The number of para-hydroxylation sites is 1. The molecule has 206 valence electrons. The molecule has 0 amide bonds. The molecule has 0 fully saturated rings. The highest BCUT2D eigenvalue weighted by Crippen LogP contribution is 2.52. The number of hydrogen-bond donors (Lipinski definition) is 0. The van der Waals surface area contributed by atoms with Crippen LogP contribution in [-0.2, 0) is 5.41 Å². The van der Waals surface area contributed by atoms with Gasteiger partial charge in [-0.25, -0.2) is 9.97 Å². The highest BCUT2D eigenvalue weighted by Gasteiger charge is 2.42. The second-order valence-electron chi connectivity index (χ2n) is 13.0. The van der Waals surface area contributed by atoms with Crippen LogP contribution in [0, 0.1) is 0 Å². The molecule has 2 aliphatic rings. The molecule has 3 nitrogen and oxygen atoms in total. The smallest absolute Gasteiger partial charge is 0.235 e. The lowest BCUT2D eigenvalue weighted by atomic mass is 9.81. The van der Waals surface area contributed by atoms with Crippen molar-refractivity contribution in [1.82, 2.24) is 14.5 Å². The molecule has 5 aromatic carbocycles. The van der Waals surface area contributed by atoms with Crippen molar-refractivity contribution in [3.8, 4) is 39.5 Å². The van der Waals surface area contributed by atoms with Crippen molar-refractivity contribution in [2.75, 3.05) is 0 Å². The summed E-state index contributed by atoms with van der Waals surface area (Å²) in [4.78, 5) is 11.1. The van der Waals surface area contributed by atoms with Crippen LogP contribution in [0.4, 0.5) is 0 Å². The molecule has 0 spiro atoms. The average molecular weight is 570 g/mol. The summed E-state index contributed by atoms with van der Waals surface area (Å²) in [5.41, 5.74) is 12.2. The number of hydrogen-bond acceptors (Lipinski definition) is 2. The third-order valence-electron chi connectivity index (χ3n) is 9.96. The van der Waals surface area contributed by atoms with Gasteiger partial charge in [-0.15, -0.1) is 0 Å². The lowest BCUT2D eigenvalue weighted by molar-refractivity contribution is 0.663. The summed E-state index contributed by atoms with van der Waals surface area (Å²) in [5.74, 6) is 0.761. The molecule has 0 atom stereocenters. The Labute approximate surface area is 252 Å². The first kappa shape index (κ1) is 24.8. The van der Waals surface area contributed by atoms with Crippen molar-refractivity contribution >= 4 is 40.4 Å². The van der Waals surface area contributed by atoms with E-state index >= 15 is 0 Å². The molecule has 0 radical (unpaired) electrons. The fraction of sp³-hybridized carbons (Fsp3) is 0.128. The fourth-order valence-corrected chi connectivity index (χ4v) is 10.9. The van der Waals surface area contributed by atoms with Gasteiger partial charge in [0.25, 0.3) is 0 Å². The summed E-state index contributed by atoms with van der Waals surface area (Å²) < 4.78 is 2.37. The van der Waals surface area contributed by atoms with Gasteiger partial charge in [0.2, 0.25) is 5.95 Å². The Balaban J connectivity index is 1.45. The topological polar surface area (TPSA) is 30.7 Å². The molecule has 0 unspecified atom stereocenters. The van der Waals surface area contributed by atoms with Gasteiger partial charge < -0.3 is 0 Å². The third kappa shape index (κ3) is 3.14. The number of rotatable bonds is 2. The largest absolute Gasteiger partial charge is 0.278 e. The van der Waals surface area contributed by atoms with Gasteiger partial charge >= 0.3 is 0 Å². The Morgan fingerprint density at radius 3 is 2.16 bits per heavy atom. The number of fused-ring (bicyclic) bond motifs is 10. The molecule has 9 rings (SSSR count). The zero-order valence-electron chi connectivity index (χ0n) is 24.8. The Hall–Kier alpha value is -4.80. The van der Waals surface area contributed by atoms with Crippen molar-refractivity contribution in [2.24, 2.45) is 0 Å². The molecule has 4 heteroatoms. The minimum atomic E-state index is -2.09. The first-order valence-corrected chi connectivity index (χ1v) is 18.1. The van der Waals surface area contributed by atoms with Crippen LogP contribution in [0.1, 0.15) is 25.0 Å². The van der Waals surface area contributed by atoms with Crippen LogP contribution in [0.15, 0.2) is 115 Å². The van der Waals surface area contributed by atoms with E-state index in [1.54, 1.807) is 0 Å². The van der Waals surface area contributed by atoms with Crippen molar-refractivity contribution < 1.29 is 0 Å². The van der Waals surface area contributed by atoms with Crippen LogP contribution in [0.2, 0.25) is 13.1 Å². The SMILES string of the molecule is CC1(C)c2ccccc2-c2ccc3c4ccccc4n(-c4nc(-c5ccccc5)c5c(n4)[Si](C)(C)c4ccccc4-5)c3c21. The molecule has 3 heterocycles. The number of aromatic nitrogens is 3. The second kappa shape index (κ2) is 8.39. The summed E-state index contributed by atoms with van der Waals surface area (Å²) >= 11 is 0. The molecule has 43 heavy (non-hydrogen) atoms. The van der Waals surface area contributed by atoms with Gasteiger partial charge in [0, 0.05) is 32.6 Å². The second-order valence-corrected chi connectivity index (χ2v) is 17.3. The summed E-state index contributed by atoms with van der Waals surface area (Å²) in [5, 5.41) is 5.14. The standard InChI is InChI=1S/C39H31N3Si/c1-39(2)30-19-11-8-16-25(30)27-22-23-28-26-17-9-12-20-31(26)42(36(28)34(27)39)38-40-35(24-14-6-5-7-15-24)33-29-18-10-13-21-32(29)43(3,4)37(33)41-38/h5-23H,1-4H3. The lowest BCUT2D eigenvalue weighted by Crippen LogP contribution is -2.51. The van der Waals surface area contributed by atoms with Gasteiger partial charge in [-0.3, -0.25) is 4.57 Å². The maximum atomic E-state index is 5.59. The molecule has 0 N–H and O–H groups in total. The molecule has 0 saturated heterocycles. The predicted molar refractivity (Wildman–Crippen MR) is 182 cm³/mol. The zero-order valence-corrected chi connectivity index (χ0v) is 25.8. The normalized spacial score (nSPS) is 15.3. The first-order chi connectivity index (χ1) is 20.9. The molecule has 0 bridgehead atoms. The predicted octanol–water partition coefficient (Wildman–Crippen LogP) is 8.35. The van der Waals surface area contributed by atoms with Crippen LogP contribution >= 0.6 is 0 Å². The van der Waals surface area contributed by atoms with Crippen molar-refractivity contribution in [2.45, 2.75) is 32.4 Å². The Kier molecular flexibility index (Phi) is 4.83. The van der Waals surface area contributed by atoms with Gasteiger partial charge in [0.15, 0.2) is 0 Å². The first-order valence-electron chi connectivity index (χ1n) is 15.1. The Morgan fingerprint density at radius 1 is 0.628 bits per heavy atom. The van der Waals surface area contributed by atoms with E-state index in [4.69, 9.17) is 9.97 Å². The number of benzene rings is 5. The summed E-state index contributed by atoms with van der Waals surface area (Å²) in [6.45, 7) is 9.61. The summed E-state index contributed by atoms with van der Waals surface area (Å²) in [7, 11) is -2.09. The maximum absolute atomic E-state index is 5.59. The fourth-order valence-electron chi connectivity index (χ4n) is 7.96. The van der Waals surface area contributed by atoms with Crippen LogP contribution in [0.25, 0.3) is 61.3 Å². The van der Waals surface area contributed by atoms with Crippen LogP contribution in [-0.4, -0.2) is 22.6 Å². The average Bonchev–Trinajstić information content (AvgIpc) is 3.58. The van der Waals surface area contributed by atoms with Crippen molar-refractivity contribution in [3.05, 3.63) is 126 Å². The number of nitrogens with zero attached hydrogens (tertiary/aromatic N) is 3. The van der Waals surface area contributed by atoms with Crippen LogP contribution < -0.4 is 10.5 Å². The maximum Gasteiger partial charge on any atom is 0.235 e. The molecule has 7 aromatic rings. The molecular formula is C39H31N3Si. The van der Waals surface area contributed by atoms with E-state index in [2.05, 4.69) is 147 Å². The third-order valence-corrected chi connectivity index (χ3v) is 13.3. The molecular weight excluding hydrogens is 539 g/mol. The monoisotopic (exact) mass is 569 g/mol. The minimum Gasteiger partial charge on any atom is -0.278 e. The van der Waals surface area contributed by atoms with E-state index in [-0.39, 0.29) is 5.41 Å². The van der Waals surface area contributed by atoms with E-state index in [1.807, 2.05) is 0 Å². The summed E-state index contributed by atoms with van der Waals surface area (Å²) in [6, 6.07) is 41.8. The van der Waals surface area contributed by atoms with E-state index in [1.165, 1.54) is 60.2 Å². The van der Waals surface area contributed by atoms with Gasteiger partial charge in [-0.05, 0) is 39.1 Å². The lowest BCUT2D eigenvalue weighted by Gasteiger charge is -2.24. The van der Waals surface area contributed by atoms with E-state index in [0.717, 1.165) is 22.7 Å². The highest BCUT2D eigenvalue weighted by atomic mass is 28.3. The Bertz CT molecular complexity index is 2290. The van der Waals surface area contributed by atoms with Crippen molar-refractivity contribution in [3.63, 3.8) is 0 Å². The highest BCUT2D eigenvalue weighted by molar-refractivity contribution is 7.03. The van der Waals surface area contributed by atoms with Crippen LogP contribution in [0.5, 0.6) is 0 Å². The van der Waals surface area contributed by atoms with E-state index in [0.29, 0.717) is 0 Å². The molecule has 2 aromatic heterocycles. The van der Waals surface area contributed by atoms with E-state index < -0.39 is 8.07 Å². The molecule has 1 aliphatic carbocycles. The van der Waals surface area contributed by atoms with Gasteiger partial charge in [-0.1, -0.05) is 136 Å². The van der Waals surface area contributed by atoms with E-state index in [9.17, 15) is 0 Å². The molecule has 1 aliphatic heterocycles. The van der Waals surface area contributed by atoms with Crippen molar-refractivity contribution in [1.29, 1.82) is 0 Å². The summed E-state index contributed by atoms with van der Waals surface area (Å²) in [6.07, 6.45) is 0. The quantitative estimate of drug-likeness (QED) is 0.196. The minimum absolute atomic E-state index is 0.166. The molecule has 0 saturated carbocycles. The van der Waals surface area contributed by atoms with Gasteiger partial charge in [0.05, 0.1) is 16.7 Å².